The van der Waals surface area contributed by atoms with Crippen molar-refractivity contribution in [2.45, 2.75) is 26.7 Å². The molecule has 26 heavy (non-hydrogen) atoms. The Labute approximate surface area is 155 Å². The van der Waals surface area contributed by atoms with Crippen LogP contribution in [0, 0.1) is 5.92 Å². The van der Waals surface area contributed by atoms with E-state index < -0.39 is 10.0 Å². The lowest BCUT2D eigenvalue weighted by atomic mass is 10.0. The summed E-state index contributed by atoms with van der Waals surface area (Å²) in [4.78, 5) is 28.6. The zero-order valence-electron chi connectivity index (χ0n) is 15.6. The van der Waals surface area contributed by atoms with Gasteiger partial charge in [0.25, 0.3) is 5.91 Å². The number of anilines is 1. The molecule has 1 heterocycles. The Morgan fingerprint density at radius 1 is 1.00 bits per heavy atom. The van der Waals surface area contributed by atoms with E-state index in [1.807, 2.05) is 18.7 Å². The highest BCUT2D eigenvalue weighted by Crippen LogP contribution is 2.16. The molecule has 1 N–H and O–H groups in total. The summed E-state index contributed by atoms with van der Waals surface area (Å²) in [6.07, 6.45) is 2.75. The second-order valence-electron chi connectivity index (χ2n) is 6.58. The van der Waals surface area contributed by atoms with E-state index >= 15 is 0 Å². The first kappa shape index (κ1) is 20.2. The number of sulfonamides is 1. The molecule has 1 aromatic rings. The Kier molecular flexibility index (Phi) is 6.63. The van der Waals surface area contributed by atoms with Crippen LogP contribution >= 0.6 is 0 Å². The van der Waals surface area contributed by atoms with Crippen LogP contribution in [0.15, 0.2) is 24.3 Å². The van der Waals surface area contributed by atoms with Gasteiger partial charge < -0.3 is 9.80 Å². The number of carbonyl (C=O) groups is 2. The van der Waals surface area contributed by atoms with Crippen molar-refractivity contribution in [3.8, 4) is 0 Å². The number of nitrogens with zero attached hydrogens (tertiary/aromatic N) is 2. The minimum absolute atomic E-state index is 0.0622. The summed E-state index contributed by atoms with van der Waals surface area (Å²) in [6, 6.07) is 6.36. The normalized spacial score (nSPS) is 15.2. The molecule has 0 bridgehead atoms. The summed E-state index contributed by atoms with van der Waals surface area (Å²) in [5.41, 5.74) is 0.924. The molecule has 0 radical (unpaired) electrons. The van der Waals surface area contributed by atoms with Gasteiger partial charge in [-0.25, -0.2) is 8.42 Å². The predicted octanol–water partition coefficient (Wildman–Crippen LogP) is 1.78. The third-order valence-electron chi connectivity index (χ3n) is 4.65. The first-order valence-corrected chi connectivity index (χ1v) is 10.8. The fourth-order valence-electron chi connectivity index (χ4n) is 3.10. The monoisotopic (exact) mass is 381 g/mol. The molecule has 0 spiro atoms. The Bertz CT molecular complexity index is 734. The van der Waals surface area contributed by atoms with Gasteiger partial charge in [-0.2, -0.15) is 0 Å². The Morgan fingerprint density at radius 2 is 1.50 bits per heavy atom. The van der Waals surface area contributed by atoms with Crippen LogP contribution in [0.5, 0.6) is 0 Å². The molecule has 1 aliphatic heterocycles. The van der Waals surface area contributed by atoms with Crippen LogP contribution in [0.4, 0.5) is 5.69 Å². The maximum atomic E-state index is 12.6. The molecule has 1 fully saturated rings. The number of piperazine rings is 1. The van der Waals surface area contributed by atoms with Crippen LogP contribution in [-0.4, -0.2) is 62.5 Å². The zero-order chi connectivity index (χ0) is 19.3. The summed E-state index contributed by atoms with van der Waals surface area (Å²) >= 11 is 0. The number of amides is 2. The fourth-order valence-corrected chi connectivity index (χ4v) is 3.67. The number of hydrogen-bond acceptors (Lipinski definition) is 4. The maximum Gasteiger partial charge on any atom is 0.253 e. The number of rotatable bonds is 6. The average Bonchev–Trinajstić information content (AvgIpc) is 2.61. The van der Waals surface area contributed by atoms with E-state index in [9.17, 15) is 18.0 Å². The first-order chi connectivity index (χ1) is 12.2. The highest BCUT2D eigenvalue weighted by molar-refractivity contribution is 7.92. The second-order valence-corrected chi connectivity index (χ2v) is 8.33. The van der Waals surface area contributed by atoms with E-state index in [1.165, 1.54) is 0 Å². The molecule has 0 aromatic heterocycles. The summed E-state index contributed by atoms with van der Waals surface area (Å²) in [5, 5.41) is 0. The minimum Gasteiger partial charge on any atom is -0.339 e. The standard InChI is InChI=1S/C18H27N3O4S/c1-4-14(5-2)17(22)20-10-12-21(13-11-20)18(23)15-6-8-16(9-7-15)19-26(3,24)25/h6-9,14,19H,4-5,10-13H2,1-3H3. The molecule has 1 saturated heterocycles. The topological polar surface area (TPSA) is 86.8 Å². The molecule has 0 atom stereocenters. The van der Waals surface area contributed by atoms with Crippen molar-refractivity contribution in [3.63, 3.8) is 0 Å². The third-order valence-corrected chi connectivity index (χ3v) is 5.25. The van der Waals surface area contributed by atoms with Gasteiger partial charge in [-0.15, -0.1) is 0 Å². The van der Waals surface area contributed by atoms with Crippen molar-refractivity contribution in [3.05, 3.63) is 29.8 Å². The van der Waals surface area contributed by atoms with Crippen LogP contribution in [-0.2, 0) is 14.8 Å². The Balaban J connectivity index is 1.95. The van der Waals surface area contributed by atoms with Crippen LogP contribution in [0.25, 0.3) is 0 Å². The lowest BCUT2D eigenvalue weighted by molar-refractivity contribution is -0.137. The van der Waals surface area contributed by atoms with Gasteiger partial charge >= 0.3 is 0 Å². The van der Waals surface area contributed by atoms with E-state index in [1.54, 1.807) is 29.2 Å². The zero-order valence-corrected chi connectivity index (χ0v) is 16.4. The van der Waals surface area contributed by atoms with Gasteiger partial charge in [0.15, 0.2) is 0 Å². The molecule has 1 aromatic carbocycles. The van der Waals surface area contributed by atoms with Crippen molar-refractivity contribution in [1.29, 1.82) is 0 Å². The highest BCUT2D eigenvalue weighted by atomic mass is 32.2. The molecule has 144 valence electrons. The lowest BCUT2D eigenvalue weighted by Crippen LogP contribution is -2.51. The van der Waals surface area contributed by atoms with Crippen molar-refractivity contribution in [1.82, 2.24) is 9.80 Å². The van der Waals surface area contributed by atoms with Crippen LogP contribution < -0.4 is 4.72 Å². The van der Waals surface area contributed by atoms with Crippen LogP contribution in [0.1, 0.15) is 37.0 Å². The largest absolute Gasteiger partial charge is 0.339 e. The number of carbonyl (C=O) groups excluding carboxylic acids is 2. The molecule has 0 aliphatic carbocycles. The fraction of sp³-hybridized carbons (Fsp3) is 0.556. The second kappa shape index (κ2) is 8.53. The quantitative estimate of drug-likeness (QED) is 0.814. The molecule has 0 saturated carbocycles. The van der Waals surface area contributed by atoms with Gasteiger partial charge in [-0.3, -0.25) is 14.3 Å². The maximum absolute atomic E-state index is 12.6. The van der Waals surface area contributed by atoms with Crippen molar-refractivity contribution in [2.75, 3.05) is 37.2 Å². The summed E-state index contributed by atoms with van der Waals surface area (Å²) in [6.45, 7) is 6.16. The minimum atomic E-state index is -3.34. The van der Waals surface area contributed by atoms with Gasteiger partial charge in [0.1, 0.15) is 0 Å². The smallest absolute Gasteiger partial charge is 0.253 e. The summed E-state index contributed by atoms with van der Waals surface area (Å²) in [7, 11) is -3.34. The van der Waals surface area contributed by atoms with E-state index in [0.29, 0.717) is 37.4 Å². The third kappa shape index (κ3) is 5.20. The number of nitrogens with one attached hydrogen (secondary N) is 1. The van der Waals surface area contributed by atoms with Crippen molar-refractivity contribution in [2.24, 2.45) is 5.92 Å². The van der Waals surface area contributed by atoms with Gasteiger partial charge in [-0.1, -0.05) is 13.8 Å². The van der Waals surface area contributed by atoms with E-state index in [-0.39, 0.29) is 17.7 Å². The van der Waals surface area contributed by atoms with Gasteiger partial charge in [0.2, 0.25) is 15.9 Å². The molecule has 2 amide bonds. The van der Waals surface area contributed by atoms with Crippen LogP contribution in [0.2, 0.25) is 0 Å². The molecule has 8 heteroatoms. The molecular weight excluding hydrogens is 354 g/mol. The predicted molar refractivity (Wildman–Crippen MR) is 101 cm³/mol. The number of hydrogen-bond donors (Lipinski definition) is 1. The van der Waals surface area contributed by atoms with Crippen molar-refractivity contribution < 1.29 is 18.0 Å². The SMILES string of the molecule is CCC(CC)C(=O)N1CCN(C(=O)c2ccc(NS(C)(=O)=O)cc2)CC1. The van der Waals surface area contributed by atoms with Gasteiger partial charge in [-0.05, 0) is 37.1 Å². The number of benzene rings is 1. The molecule has 7 nitrogen and oxygen atoms in total. The molecular formula is C18H27N3O4S. The van der Waals surface area contributed by atoms with E-state index in [2.05, 4.69) is 4.72 Å². The summed E-state index contributed by atoms with van der Waals surface area (Å²) < 4.78 is 24.8. The molecule has 1 aliphatic rings. The Hall–Kier alpha value is -2.09. The van der Waals surface area contributed by atoms with E-state index in [4.69, 9.17) is 0 Å². The van der Waals surface area contributed by atoms with Crippen molar-refractivity contribution >= 4 is 27.5 Å². The molecule has 0 unspecified atom stereocenters. The van der Waals surface area contributed by atoms with E-state index in [0.717, 1.165) is 19.1 Å². The Morgan fingerprint density at radius 3 is 1.96 bits per heavy atom. The highest BCUT2D eigenvalue weighted by Gasteiger charge is 2.27. The molecule has 2 rings (SSSR count). The average molecular weight is 381 g/mol. The lowest BCUT2D eigenvalue weighted by Gasteiger charge is -2.36. The van der Waals surface area contributed by atoms with Gasteiger partial charge in [0, 0.05) is 43.3 Å². The van der Waals surface area contributed by atoms with Gasteiger partial charge in [0.05, 0.1) is 6.26 Å². The first-order valence-electron chi connectivity index (χ1n) is 8.91. The van der Waals surface area contributed by atoms with Crippen LogP contribution in [0.3, 0.4) is 0 Å². The summed E-state index contributed by atoms with van der Waals surface area (Å²) in [5.74, 6) is 0.135.